The maximum atomic E-state index is 13.1. The minimum atomic E-state index is -0.462. The van der Waals surface area contributed by atoms with E-state index in [0.29, 0.717) is 28.1 Å². The molecule has 1 aromatic heterocycles. The van der Waals surface area contributed by atoms with Crippen LogP contribution >= 0.6 is 27.7 Å². The summed E-state index contributed by atoms with van der Waals surface area (Å²) < 4.78 is 21.1. The number of carbonyl (C=O) groups is 1. The van der Waals surface area contributed by atoms with Crippen molar-refractivity contribution in [3.8, 4) is 0 Å². The molecule has 0 saturated heterocycles. The Morgan fingerprint density at radius 1 is 1.23 bits per heavy atom. The summed E-state index contributed by atoms with van der Waals surface area (Å²) in [4.78, 5) is 17.4. The summed E-state index contributed by atoms with van der Waals surface area (Å²) in [7, 11) is 0. The molecule has 1 atom stereocenters. The number of carbonyl (C=O) groups excluding carboxylic acids is 1. The highest BCUT2D eigenvalue weighted by molar-refractivity contribution is 9.10. The lowest BCUT2D eigenvalue weighted by molar-refractivity contribution is -0.139. The van der Waals surface area contributed by atoms with E-state index < -0.39 is 6.04 Å². The Kier molecular flexibility index (Phi) is 6.43. The lowest BCUT2D eigenvalue weighted by Gasteiger charge is -2.28. The first kappa shape index (κ1) is 21.6. The molecule has 0 saturated carbocycles. The quantitative estimate of drug-likeness (QED) is 0.363. The van der Waals surface area contributed by atoms with Gasteiger partial charge in [-0.05, 0) is 49.2 Å². The topological polar surface area (TPSA) is 69.0 Å². The van der Waals surface area contributed by atoms with Crippen molar-refractivity contribution in [3.63, 3.8) is 0 Å². The number of thioether (sulfide) groups is 1. The van der Waals surface area contributed by atoms with Crippen LogP contribution in [0.5, 0.6) is 0 Å². The molecule has 31 heavy (non-hydrogen) atoms. The first-order valence-electron chi connectivity index (χ1n) is 9.70. The lowest BCUT2D eigenvalue weighted by atomic mass is 9.96. The molecule has 2 heterocycles. The van der Waals surface area contributed by atoms with Gasteiger partial charge in [0.25, 0.3) is 0 Å². The van der Waals surface area contributed by atoms with Crippen LogP contribution in [-0.4, -0.2) is 27.3 Å². The maximum Gasteiger partial charge on any atom is 0.338 e. The zero-order valence-corrected chi connectivity index (χ0v) is 19.3. The highest BCUT2D eigenvalue weighted by Crippen LogP contribution is 2.37. The molecule has 0 amide bonds. The van der Waals surface area contributed by atoms with E-state index in [1.807, 2.05) is 31.2 Å². The molecule has 3 aromatic rings. The van der Waals surface area contributed by atoms with Gasteiger partial charge in [-0.2, -0.15) is 4.98 Å². The van der Waals surface area contributed by atoms with E-state index in [1.165, 1.54) is 23.9 Å². The lowest BCUT2D eigenvalue weighted by Crippen LogP contribution is -2.29. The van der Waals surface area contributed by atoms with E-state index in [4.69, 9.17) is 4.74 Å². The highest BCUT2D eigenvalue weighted by atomic mass is 79.9. The Balaban J connectivity index is 1.67. The fourth-order valence-electron chi connectivity index (χ4n) is 3.35. The second kappa shape index (κ2) is 9.23. The molecule has 9 heteroatoms. The van der Waals surface area contributed by atoms with E-state index >= 15 is 0 Å². The van der Waals surface area contributed by atoms with Crippen LogP contribution in [0.1, 0.15) is 31.0 Å². The molecule has 1 aliphatic heterocycles. The zero-order chi connectivity index (χ0) is 22.0. The molecule has 1 aliphatic rings. The summed E-state index contributed by atoms with van der Waals surface area (Å²) in [5.41, 5.74) is 3.05. The summed E-state index contributed by atoms with van der Waals surface area (Å²) in [5, 5.41) is 8.41. The van der Waals surface area contributed by atoms with E-state index in [9.17, 15) is 9.18 Å². The number of benzene rings is 2. The molecule has 160 valence electrons. The van der Waals surface area contributed by atoms with Crippen molar-refractivity contribution in [1.82, 2.24) is 14.8 Å². The van der Waals surface area contributed by atoms with E-state index in [2.05, 4.69) is 31.3 Å². The van der Waals surface area contributed by atoms with Crippen molar-refractivity contribution in [1.29, 1.82) is 0 Å². The van der Waals surface area contributed by atoms with Gasteiger partial charge < -0.3 is 10.1 Å². The minimum Gasteiger partial charge on any atom is -0.463 e. The van der Waals surface area contributed by atoms with Crippen molar-refractivity contribution >= 4 is 39.6 Å². The molecule has 1 N–H and O–H groups in total. The van der Waals surface area contributed by atoms with Gasteiger partial charge in [0, 0.05) is 15.9 Å². The van der Waals surface area contributed by atoms with Gasteiger partial charge in [-0.15, -0.1) is 5.10 Å². The van der Waals surface area contributed by atoms with Crippen molar-refractivity contribution in [2.24, 2.45) is 0 Å². The van der Waals surface area contributed by atoms with Crippen LogP contribution in [0.4, 0.5) is 10.3 Å². The number of hydrogen-bond acceptors (Lipinski definition) is 6. The molecule has 6 nitrogen and oxygen atoms in total. The van der Waals surface area contributed by atoms with E-state index in [-0.39, 0.29) is 18.4 Å². The molecule has 0 spiro atoms. The number of rotatable bonds is 6. The number of nitrogens with zero attached hydrogens (tertiary/aromatic N) is 3. The Bertz CT molecular complexity index is 1130. The standard InChI is InChI=1S/C22H20BrFN4O2S/c1-3-30-20(29)18-13(2)25-21-26-22(31-12-14-4-10-17(24)11-5-14)27-28(21)19(18)15-6-8-16(23)9-7-15/h4-11,19H,3,12H2,1-2H3,(H,25,26,27)/t19-/m1/s1. The van der Waals surface area contributed by atoms with Gasteiger partial charge >= 0.3 is 5.97 Å². The monoisotopic (exact) mass is 502 g/mol. The van der Waals surface area contributed by atoms with Gasteiger partial charge in [-0.25, -0.2) is 13.9 Å². The van der Waals surface area contributed by atoms with Crippen LogP contribution in [0.25, 0.3) is 0 Å². The number of halogens is 2. The summed E-state index contributed by atoms with van der Waals surface area (Å²) in [6.45, 7) is 3.90. The number of nitrogens with one attached hydrogen (secondary N) is 1. The molecule has 0 fully saturated rings. The Labute approximate surface area is 192 Å². The Morgan fingerprint density at radius 2 is 1.94 bits per heavy atom. The number of ether oxygens (including phenoxy) is 1. The normalized spacial score (nSPS) is 15.4. The number of fused-ring (bicyclic) bond motifs is 1. The van der Waals surface area contributed by atoms with Crippen LogP contribution in [0, 0.1) is 5.82 Å². The fraction of sp³-hybridized carbons (Fsp3) is 0.227. The van der Waals surface area contributed by atoms with Crippen LogP contribution in [0.2, 0.25) is 0 Å². The molecular weight excluding hydrogens is 483 g/mol. The van der Waals surface area contributed by atoms with Crippen LogP contribution in [0.15, 0.2) is 69.4 Å². The van der Waals surface area contributed by atoms with Gasteiger partial charge in [0.15, 0.2) is 0 Å². The molecule has 0 radical (unpaired) electrons. The largest absolute Gasteiger partial charge is 0.463 e. The first-order chi connectivity index (χ1) is 15.0. The molecule has 0 unspecified atom stereocenters. The van der Waals surface area contributed by atoms with Gasteiger partial charge in [0.05, 0.1) is 12.2 Å². The molecule has 0 bridgehead atoms. The summed E-state index contributed by atoms with van der Waals surface area (Å²) in [6.07, 6.45) is 0. The number of hydrogen-bond donors (Lipinski definition) is 1. The summed E-state index contributed by atoms with van der Waals surface area (Å²) in [5.74, 6) is 0.505. The fourth-order valence-corrected chi connectivity index (χ4v) is 4.40. The number of esters is 1. The average Bonchev–Trinajstić information content (AvgIpc) is 3.15. The predicted octanol–water partition coefficient (Wildman–Crippen LogP) is 5.32. The van der Waals surface area contributed by atoms with Gasteiger partial charge in [0.2, 0.25) is 11.1 Å². The third-order valence-corrected chi connectivity index (χ3v) is 6.23. The number of aromatic nitrogens is 3. The predicted molar refractivity (Wildman–Crippen MR) is 121 cm³/mol. The van der Waals surface area contributed by atoms with Crippen LogP contribution in [0.3, 0.4) is 0 Å². The van der Waals surface area contributed by atoms with Crippen molar-refractivity contribution in [2.75, 3.05) is 11.9 Å². The SMILES string of the molecule is CCOC(=O)C1=C(C)Nc2nc(SCc3ccc(F)cc3)nn2[C@@H]1c1ccc(Br)cc1. The van der Waals surface area contributed by atoms with Gasteiger partial charge in [0.1, 0.15) is 11.9 Å². The van der Waals surface area contributed by atoms with Crippen molar-refractivity contribution in [2.45, 2.75) is 30.8 Å². The number of allylic oxidation sites excluding steroid dienone is 1. The summed E-state index contributed by atoms with van der Waals surface area (Å²) in [6, 6.07) is 13.6. The second-order valence-electron chi connectivity index (χ2n) is 6.92. The van der Waals surface area contributed by atoms with Crippen LogP contribution in [-0.2, 0) is 15.3 Å². The van der Waals surface area contributed by atoms with E-state index in [0.717, 1.165) is 15.6 Å². The summed E-state index contributed by atoms with van der Waals surface area (Å²) >= 11 is 4.90. The van der Waals surface area contributed by atoms with E-state index in [1.54, 1.807) is 23.7 Å². The average molecular weight is 503 g/mol. The Hall–Kier alpha value is -2.65. The van der Waals surface area contributed by atoms with Crippen molar-refractivity contribution < 1.29 is 13.9 Å². The second-order valence-corrected chi connectivity index (χ2v) is 8.77. The molecule has 4 rings (SSSR count). The molecule has 0 aliphatic carbocycles. The number of anilines is 1. The van der Waals surface area contributed by atoms with Crippen LogP contribution < -0.4 is 5.32 Å². The van der Waals surface area contributed by atoms with Gasteiger partial charge in [-0.3, -0.25) is 0 Å². The first-order valence-corrected chi connectivity index (χ1v) is 11.5. The smallest absolute Gasteiger partial charge is 0.338 e. The third-order valence-electron chi connectivity index (χ3n) is 4.80. The Morgan fingerprint density at radius 3 is 2.61 bits per heavy atom. The van der Waals surface area contributed by atoms with Gasteiger partial charge in [-0.1, -0.05) is 52.0 Å². The zero-order valence-electron chi connectivity index (χ0n) is 16.9. The molecule has 2 aromatic carbocycles. The maximum absolute atomic E-state index is 13.1. The third kappa shape index (κ3) is 4.67. The minimum absolute atomic E-state index is 0.265. The van der Waals surface area contributed by atoms with Crippen molar-refractivity contribution in [3.05, 3.63) is 81.2 Å². The molecular formula is C22H20BrFN4O2S. The highest BCUT2D eigenvalue weighted by Gasteiger charge is 2.35.